The highest BCUT2D eigenvalue weighted by Gasteiger charge is 2.12. The predicted molar refractivity (Wildman–Crippen MR) is 66.7 cm³/mol. The molecule has 0 fully saturated rings. The van der Waals surface area contributed by atoms with Crippen LogP contribution in [0.3, 0.4) is 0 Å². The molecule has 0 spiro atoms. The Kier molecular flexibility index (Phi) is 3.33. The van der Waals surface area contributed by atoms with Gasteiger partial charge in [0.1, 0.15) is 11.6 Å². The first kappa shape index (κ1) is 11.9. The minimum atomic E-state index is -0.316. The summed E-state index contributed by atoms with van der Waals surface area (Å²) >= 11 is 5.99. The number of nitrogens with zero attached hydrogens (tertiary/aromatic N) is 2. The van der Waals surface area contributed by atoms with E-state index < -0.39 is 0 Å². The maximum absolute atomic E-state index is 13.1. The van der Waals surface area contributed by atoms with E-state index >= 15 is 0 Å². The average molecular weight is 254 g/mol. The van der Waals surface area contributed by atoms with Gasteiger partial charge in [-0.3, -0.25) is 0 Å². The number of nitrogens with one attached hydrogen (secondary N) is 1. The van der Waals surface area contributed by atoms with Crippen LogP contribution in [0.4, 0.5) is 10.1 Å². The summed E-state index contributed by atoms with van der Waals surface area (Å²) < 4.78 is 15.0. The van der Waals surface area contributed by atoms with Gasteiger partial charge in [0.15, 0.2) is 0 Å². The van der Waals surface area contributed by atoms with E-state index in [-0.39, 0.29) is 11.9 Å². The number of aromatic nitrogens is 2. The zero-order chi connectivity index (χ0) is 12.4. The molecule has 2 aromatic rings. The Balaban J connectivity index is 2.21. The second kappa shape index (κ2) is 4.75. The molecule has 5 heteroatoms. The van der Waals surface area contributed by atoms with Crippen molar-refractivity contribution in [1.82, 2.24) is 9.55 Å². The first-order valence-electron chi connectivity index (χ1n) is 5.26. The van der Waals surface area contributed by atoms with Gasteiger partial charge in [-0.15, -0.1) is 0 Å². The number of imidazole rings is 1. The highest BCUT2D eigenvalue weighted by atomic mass is 35.5. The third-order valence-corrected chi connectivity index (χ3v) is 2.88. The Labute approximate surface area is 104 Å². The molecule has 2 rings (SSSR count). The number of anilines is 1. The number of benzene rings is 1. The van der Waals surface area contributed by atoms with Gasteiger partial charge in [-0.1, -0.05) is 11.6 Å². The van der Waals surface area contributed by atoms with Gasteiger partial charge < -0.3 is 9.88 Å². The smallest absolute Gasteiger partial charge is 0.130 e. The molecule has 1 atom stereocenters. The molecule has 0 amide bonds. The number of hydrogen-bond donors (Lipinski definition) is 1. The van der Waals surface area contributed by atoms with Gasteiger partial charge in [0.05, 0.1) is 16.8 Å². The van der Waals surface area contributed by atoms with E-state index in [2.05, 4.69) is 10.3 Å². The molecule has 0 aliphatic carbocycles. The van der Waals surface area contributed by atoms with Crippen LogP contribution >= 0.6 is 11.6 Å². The van der Waals surface area contributed by atoms with Gasteiger partial charge in [0.2, 0.25) is 0 Å². The minimum Gasteiger partial charge on any atom is -0.374 e. The van der Waals surface area contributed by atoms with Gasteiger partial charge in [-0.2, -0.15) is 0 Å². The minimum absolute atomic E-state index is 0.0469. The molecule has 90 valence electrons. The lowest BCUT2D eigenvalue weighted by Crippen LogP contribution is -2.12. The fourth-order valence-corrected chi connectivity index (χ4v) is 1.87. The summed E-state index contributed by atoms with van der Waals surface area (Å²) in [6.07, 6.45) is 3.58. The van der Waals surface area contributed by atoms with Gasteiger partial charge in [0.25, 0.3) is 0 Å². The van der Waals surface area contributed by atoms with Crippen molar-refractivity contribution in [3.05, 3.63) is 47.3 Å². The van der Waals surface area contributed by atoms with Gasteiger partial charge in [0, 0.05) is 19.4 Å². The summed E-state index contributed by atoms with van der Waals surface area (Å²) in [6, 6.07) is 4.19. The molecular weight excluding hydrogens is 241 g/mol. The molecule has 1 unspecified atom stereocenters. The third kappa shape index (κ3) is 2.58. The summed E-state index contributed by atoms with van der Waals surface area (Å²) in [7, 11) is 1.91. The topological polar surface area (TPSA) is 29.9 Å². The summed E-state index contributed by atoms with van der Waals surface area (Å²) in [5.41, 5.74) is 0.571. The summed E-state index contributed by atoms with van der Waals surface area (Å²) in [4.78, 5) is 4.23. The highest BCUT2D eigenvalue weighted by molar-refractivity contribution is 6.33. The fraction of sp³-hybridized carbons (Fsp3) is 0.250. The molecule has 0 saturated heterocycles. The number of halogens is 2. The van der Waals surface area contributed by atoms with Crippen LogP contribution in [0.5, 0.6) is 0 Å². The van der Waals surface area contributed by atoms with Crippen molar-refractivity contribution in [3.8, 4) is 0 Å². The lowest BCUT2D eigenvalue weighted by atomic mass is 10.2. The maximum Gasteiger partial charge on any atom is 0.130 e. The zero-order valence-corrected chi connectivity index (χ0v) is 10.4. The molecule has 0 bridgehead atoms. The molecule has 1 heterocycles. The average Bonchev–Trinajstić information content (AvgIpc) is 2.70. The van der Waals surface area contributed by atoms with E-state index in [0.717, 1.165) is 5.82 Å². The molecule has 0 aliphatic heterocycles. The molecule has 3 nitrogen and oxygen atoms in total. The van der Waals surface area contributed by atoms with E-state index in [4.69, 9.17) is 11.6 Å². The van der Waals surface area contributed by atoms with Crippen LogP contribution in [0.15, 0.2) is 30.6 Å². The highest BCUT2D eigenvalue weighted by Crippen LogP contribution is 2.26. The molecule has 1 N–H and O–H groups in total. The standard InChI is InChI=1S/C12H13ClFN3/c1-8(12-15-5-6-17(12)2)16-11-7-9(14)3-4-10(11)13/h3-8,16H,1-2H3. The van der Waals surface area contributed by atoms with Gasteiger partial charge in [-0.05, 0) is 25.1 Å². The summed E-state index contributed by atoms with van der Waals surface area (Å²) in [5, 5.41) is 3.63. The Morgan fingerprint density at radius 2 is 2.24 bits per heavy atom. The van der Waals surface area contributed by atoms with Crippen LogP contribution < -0.4 is 5.32 Å². The molecule has 0 saturated carbocycles. The first-order chi connectivity index (χ1) is 8.08. The molecule has 0 radical (unpaired) electrons. The van der Waals surface area contributed by atoms with Crippen molar-refractivity contribution in [2.24, 2.45) is 7.05 Å². The van der Waals surface area contributed by atoms with Crippen LogP contribution in [0.25, 0.3) is 0 Å². The van der Waals surface area contributed by atoms with Crippen molar-refractivity contribution < 1.29 is 4.39 Å². The molecule has 1 aromatic carbocycles. The summed E-state index contributed by atoms with van der Waals surface area (Å²) in [5.74, 6) is 0.550. The lowest BCUT2D eigenvalue weighted by molar-refractivity contribution is 0.627. The van der Waals surface area contributed by atoms with E-state index in [1.54, 1.807) is 6.20 Å². The molecule has 1 aromatic heterocycles. The second-order valence-electron chi connectivity index (χ2n) is 3.89. The van der Waals surface area contributed by atoms with Crippen molar-refractivity contribution in [2.45, 2.75) is 13.0 Å². The van der Waals surface area contributed by atoms with Crippen LogP contribution in [0.1, 0.15) is 18.8 Å². The first-order valence-corrected chi connectivity index (χ1v) is 5.64. The van der Waals surface area contributed by atoms with E-state index in [0.29, 0.717) is 10.7 Å². The normalized spacial score (nSPS) is 12.5. The maximum atomic E-state index is 13.1. The summed E-state index contributed by atoms with van der Waals surface area (Å²) in [6.45, 7) is 1.95. The molecular formula is C12H13ClFN3. The third-order valence-electron chi connectivity index (χ3n) is 2.55. The number of aryl methyl sites for hydroxylation is 1. The number of rotatable bonds is 3. The molecule has 0 aliphatic rings. The molecule has 17 heavy (non-hydrogen) atoms. The fourth-order valence-electron chi connectivity index (χ4n) is 1.70. The van der Waals surface area contributed by atoms with Gasteiger partial charge >= 0.3 is 0 Å². The predicted octanol–water partition coefficient (Wildman–Crippen LogP) is 3.39. The van der Waals surface area contributed by atoms with Crippen molar-refractivity contribution in [3.63, 3.8) is 0 Å². The van der Waals surface area contributed by atoms with Crippen LogP contribution in [-0.2, 0) is 7.05 Å². The Morgan fingerprint density at radius 1 is 1.47 bits per heavy atom. The van der Waals surface area contributed by atoms with Gasteiger partial charge in [-0.25, -0.2) is 9.37 Å². The number of hydrogen-bond acceptors (Lipinski definition) is 2. The Hall–Kier alpha value is -1.55. The van der Waals surface area contributed by atoms with Crippen LogP contribution in [0.2, 0.25) is 5.02 Å². The van der Waals surface area contributed by atoms with E-state index in [1.165, 1.54) is 18.2 Å². The Morgan fingerprint density at radius 3 is 2.88 bits per heavy atom. The second-order valence-corrected chi connectivity index (χ2v) is 4.29. The van der Waals surface area contributed by atoms with E-state index in [1.807, 2.05) is 24.7 Å². The zero-order valence-electron chi connectivity index (χ0n) is 9.61. The van der Waals surface area contributed by atoms with Crippen LogP contribution in [-0.4, -0.2) is 9.55 Å². The lowest BCUT2D eigenvalue weighted by Gasteiger charge is -2.16. The monoisotopic (exact) mass is 253 g/mol. The quantitative estimate of drug-likeness (QED) is 0.909. The van der Waals surface area contributed by atoms with E-state index in [9.17, 15) is 4.39 Å². The van der Waals surface area contributed by atoms with Crippen molar-refractivity contribution in [2.75, 3.05) is 5.32 Å². The Bertz CT molecular complexity index is 524. The SMILES string of the molecule is CC(Nc1cc(F)ccc1Cl)c1nccn1C. The van der Waals surface area contributed by atoms with Crippen molar-refractivity contribution in [1.29, 1.82) is 0 Å². The van der Waals surface area contributed by atoms with Crippen molar-refractivity contribution >= 4 is 17.3 Å². The van der Waals surface area contributed by atoms with Crippen LogP contribution in [0, 0.1) is 5.82 Å². The largest absolute Gasteiger partial charge is 0.374 e.